The van der Waals surface area contributed by atoms with E-state index in [1.165, 1.54) is 12.8 Å². The van der Waals surface area contributed by atoms with Crippen LogP contribution in [0.5, 0.6) is 0 Å². The molecule has 0 saturated heterocycles. The number of aromatic nitrogens is 1. The molecule has 2 rings (SSSR count). The molecule has 0 radical (unpaired) electrons. The maximum absolute atomic E-state index is 5.45. The van der Waals surface area contributed by atoms with Crippen LogP contribution in [0.25, 0.3) is 0 Å². The van der Waals surface area contributed by atoms with Crippen LogP contribution in [0.15, 0.2) is 10.7 Å². The van der Waals surface area contributed by atoms with Crippen molar-refractivity contribution in [2.24, 2.45) is 0 Å². The van der Waals surface area contributed by atoms with Crippen LogP contribution < -0.4 is 5.73 Å². The Balaban J connectivity index is 2.35. The Bertz CT molecular complexity index is 215. The molecular weight excluding hydrogens is 116 g/mol. The normalized spacial score (nSPS) is 18.2. The first-order chi connectivity index (χ1) is 4.38. The Hall–Kier alpha value is -0.990. The minimum absolute atomic E-state index is 0.498. The second-order valence-electron chi connectivity index (χ2n) is 2.42. The van der Waals surface area contributed by atoms with Crippen molar-refractivity contribution in [2.45, 2.75) is 18.8 Å². The van der Waals surface area contributed by atoms with Gasteiger partial charge < -0.3 is 10.3 Å². The zero-order valence-electron chi connectivity index (χ0n) is 5.00. The molecule has 0 amide bonds. The molecule has 1 saturated carbocycles. The van der Waals surface area contributed by atoms with Gasteiger partial charge in [-0.2, -0.15) is 0 Å². The van der Waals surface area contributed by atoms with E-state index in [-0.39, 0.29) is 0 Å². The molecule has 1 fully saturated rings. The average molecular weight is 124 g/mol. The van der Waals surface area contributed by atoms with Crippen molar-refractivity contribution in [1.29, 1.82) is 0 Å². The van der Waals surface area contributed by atoms with Crippen molar-refractivity contribution in [3.05, 3.63) is 11.8 Å². The first kappa shape index (κ1) is 4.85. The lowest BCUT2D eigenvalue weighted by Gasteiger charge is -1.86. The van der Waals surface area contributed by atoms with Crippen LogP contribution in [0.2, 0.25) is 0 Å². The maximum Gasteiger partial charge on any atom is 0.225 e. The van der Waals surface area contributed by atoms with Crippen molar-refractivity contribution in [2.75, 3.05) is 5.73 Å². The molecule has 0 aromatic carbocycles. The Morgan fingerprint density at radius 3 is 2.89 bits per heavy atom. The van der Waals surface area contributed by atoms with E-state index in [1.807, 2.05) is 0 Å². The summed E-state index contributed by atoms with van der Waals surface area (Å²) in [4.78, 5) is 0. The number of nitrogen functional groups attached to an aromatic ring is 1. The van der Waals surface area contributed by atoms with Gasteiger partial charge in [-0.25, -0.2) is 0 Å². The molecule has 3 nitrogen and oxygen atoms in total. The number of nitrogens with zero attached hydrogens (tertiary/aromatic N) is 1. The number of hydrogen-bond acceptors (Lipinski definition) is 3. The third kappa shape index (κ3) is 0.686. The third-order valence-electron chi connectivity index (χ3n) is 1.64. The lowest BCUT2D eigenvalue weighted by atomic mass is 10.2. The first-order valence-corrected chi connectivity index (χ1v) is 3.08. The summed E-state index contributed by atoms with van der Waals surface area (Å²) in [7, 11) is 0. The van der Waals surface area contributed by atoms with E-state index < -0.39 is 0 Å². The van der Waals surface area contributed by atoms with Crippen molar-refractivity contribution in [3.63, 3.8) is 0 Å². The zero-order valence-corrected chi connectivity index (χ0v) is 5.00. The van der Waals surface area contributed by atoms with Gasteiger partial charge >= 0.3 is 0 Å². The quantitative estimate of drug-likeness (QED) is 0.610. The van der Waals surface area contributed by atoms with Crippen LogP contribution in [-0.2, 0) is 0 Å². The van der Waals surface area contributed by atoms with Crippen LogP contribution in [0.4, 0.5) is 5.88 Å². The molecule has 2 N–H and O–H groups in total. The largest absolute Gasteiger partial charge is 0.367 e. The molecular formula is C6H8N2O. The summed E-state index contributed by atoms with van der Waals surface area (Å²) >= 11 is 0. The van der Waals surface area contributed by atoms with Gasteiger partial charge in [0.2, 0.25) is 5.88 Å². The van der Waals surface area contributed by atoms with E-state index in [2.05, 4.69) is 5.16 Å². The summed E-state index contributed by atoms with van der Waals surface area (Å²) in [5, 5.41) is 3.58. The van der Waals surface area contributed by atoms with E-state index in [9.17, 15) is 0 Å². The van der Waals surface area contributed by atoms with Crippen LogP contribution in [0.3, 0.4) is 0 Å². The highest BCUT2D eigenvalue weighted by Gasteiger charge is 2.27. The second kappa shape index (κ2) is 1.50. The molecule has 0 bridgehead atoms. The molecule has 3 heteroatoms. The van der Waals surface area contributed by atoms with Crippen molar-refractivity contribution < 1.29 is 4.52 Å². The number of anilines is 1. The summed E-state index contributed by atoms with van der Waals surface area (Å²) in [6.45, 7) is 0. The smallest absolute Gasteiger partial charge is 0.225 e. The van der Waals surface area contributed by atoms with E-state index in [0.717, 1.165) is 5.56 Å². The third-order valence-corrected chi connectivity index (χ3v) is 1.64. The fourth-order valence-corrected chi connectivity index (χ4v) is 0.957. The van der Waals surface area contributed by atoms with Gasteiger partial charge in [0.05, 0.1) is 6.20 Å². The van der Waals surface area contributed by atoms with Crippen molar-refractivity contribution in [3.8, 4) is 0 Å². The van der Waals surface area contributed by atoms with E-state index in [4.69, 9.17) is 10.3 Å². The fourth-order valence-electron chi connectivity index (χ4n) is 0.957. The predicted octanol–water partition coefficient (Wildman–Crippen LogP) is 1.13. The molecule has 0 aliphatic heterocycles. The molecule has 0 atom stereocenters. The fraction of sp³-hybridized carbons (Fsp3) is 0.500. The zero-order chi connectivity index (χ0) is 6.27. The van der Waals surface area contributed by atoms with Crippen molar-refractivity contribution >= 4 is 5.88 Å². The number of rotatable bonds is 1. The first-order valence-electron chi connectivity index (χ1n) is 3.08. The van der Waals surface area contributed by atoms with E-state index in [1.54, 1.807) is 6.20 Å². The van der Waals surface area contributed by atoms with Crippen molar-refractivity contribution in [1.82, 2.24) is 5.16 Å². The summed E-state index contributed by atoms with van der Waals surface area (Å²) in [6, 6.07) is 0. The minimum Gasteiger partial charge on any atom is -0.367 e. The summed E-state index contributed by atoms with van der Waals surface area (Å²) in [5.74, 6) is 1.15. The average Bonchev–Trinajstić information content (AvgIpc) is 2.58. The van der Waals surface area contributed by atoms with Gasteiger partial charge in [-0.1, -0.05) is 5.16 Å². The highest BCUT2D eigenvalue weighted by Crippen LogP contribution is 2.42. The standard InChI is InChI=1S/C6H8N2O/c7-6-5(3-8-9-6)4-1-2-4/h3-4H,1-2,7H2. The number of nitrogens with two attached hydrogens (primary N) is 1. The molecule has 1 aliphatic carbocycles. The van der Waals surface area contributed by atoms with Gasteiger partial charge in [-0.05, 0) is 18.8 Å². The Morgan fingerprint density at radius 1 is 1.67 bits per heavy atom. The summed E-state index contributed by atoms with van der Waals surface area (Å²) < 4.78 is 4.69. The molecule has 9 heavy (non-hydrogen) atoms. The predicted molar refractivity (Wildman–Crippen MR) is 32.9 cm³/mol. The van der Waals surface area contributed by atoms with E-state index in [0.29, 0.717) is 11.8 Å². The monoisotopic (exact) mass is 124 g/mol. The molecule has 1 heterocycles. The van der Waals surface area contributed by atoms with Crippen LogP contribution in [0.1, 0.15) is 24.3 Å². The van der Waals surface area contributed by atoms with Gasteiger partial charge in [-0.15, -0.1) is 0 Å². The molecule has 0 spiro atoms. The molecule has 48 valence electrons. The van der Waals surface area contributed by atoms with Gasteiger partial charge in [0.1, 0.15) is 0 Å². The van der Waals surface area contributed by atoms with Gasteiger partial charge in [-0.3, -0.25) is 0 Å². The highest BCUT2D eigenvalue weighted by molar-refractivity contribution is 5.38. The molecule has 1 aromatic heterocycles. The van der Waals surface area contributed by atoms with Gasteiger partial charge in [0, 0.05) is 5.56 Å². The van der Waals surface area contributed by atoms with E-state index >= 15 is 0 Å². The topological polar surface area (TPSA) is 52.0 Å². The summed E-state index contributed by atoms with van der Waals surface area (Å²) in [6.07, 6.45) is 4.20. The lowest BCUT2D eigenvalue weighted by molar-refractivity contribution is 0.436. The molecule has 0 unspecified atom stereocenters. The Labute approximate surface area is 52.8 Å². The van der Waals surface area contributed by atoms with Gasteiger partial charge in [0.25, 0.3) is 0 Å². The van der Waals surface area contributed by atoms with Crippen LogP contribution in [0, 0.1) is 0 Å². The molecule has 1 aliphatic rings. The Kier molecular flexibility index (Phi) is 0.806. The highest BCUT2D eigenvalue weighted by atomic mass is 16.5. The maximum atomic E-state index is 5.45. The SMILES string of the molecule is Nc1oncc1C1CC1. The Morgan fingerprint density at radius 2 is 2.44 bits per heavy atom. The second-order valence-corrected chi connectivity index (χ2v) is 2.42. The number of hydrogen-bond donors (Lipinski definition) is 1. The summed E-state index contributed by atoms with van der Waals surface area (Å²) in [5.41, 5.74) is 6.54. The lowest BCUT2D eigenvalue weighted by Crippen LogP contribution is -1.85. The molecule has 1 aromatic rings. The van der Waals surface area contributed by atoms with Gasteiger partial charge in [0.15, 0.2) is 0 Å². The minimum atomic E-state index is 0.498. The van der Waals surface area contributed by atoms with Crippen LogP contribution in [-0.4, -0.2) is 5.16 Å². The van der Waals surface area contributed by atoms with Crippen LogP contribution >= 0.6 is 0 Å².